The highest BCUT2D eigenvalue weighted by Gasteiger charge is 2.43. The van der Waals surface area contributed by atoms with Gasteiger partial charge in [-0.1, -0.05) is 84.9 Å². The molecule has 1 saturated heterocycles. The summed E-state index contributed by atoms with van der Waals surface area (Å²) in [5, 5.41) is 2.83. The first-order valence-electron chi connectivity index (χ1n) is 17.0. The van der Waals surface area contributed by atoms with Crippen LogP contribution in [0, 0.1) is 0 Å². The Bertz CT molecular complexity index is 1290. The van der Waals surface area contributed by atoms with Gasteiger partial charge in [0.25, 0.3) is 8.32 Å². The van der Waals surface area contributed by atoms with E-state index in [1.54, 1.807) is 12.3 Å². The van der Waals surface area contributed by atoms with Crippen molar-refractivity contribution in [3.63, 3.8) is 0 Å². The number of allylic oxidation sites excluding steroid dienone is 3. The number of carbonyl (C=O) groups excluding carboxylic acids is 2. The zero-order chi connectivity index (χ0) is 34.3. The van der Waals surface area contributed by atoms with Crippen molar-refractivity contribution in [3.8, 4) is 5.75 Å². The molecule has 1 N–H and O–H groups in total. The van der Waals surface area contributed by atoms with Crippen LogP contribution < -0.4 is 9.74 Å². The van der Waals surface area contributed by atoms with Crippen molar-refractivity contribution in [1.82, 2.24) is 5.32 Å². The molecule has 4 atom stereocenters. The molecular formula is C37H59NO6Si2. The standard InChI is InChI=1S/C37H59NO6Si2/c1-12-13-14-15-21-33(39)38-22-17-19-28-24-30-26-31(43-45(8,9)36(2,3)4)25-29(41-30)23-27-18-16-20-32(34(27)35(40)42-28)44-46(10,11)37(5,6)7/h13-18,20-22,28-31H,12,19,23-26H2,1-11H3,(H,38,39)/b14-13-,21-15-,22-17+/t28-,29-,30-,31+/m0/s1. The Balaban J connectivity index is 1.94. The van der Waals surface area contributed by atoms with E-state index in [9.17, 15) is 9.59 Å². The van der Waals surface area contributed by atoms with Gasteiger partial charge in [-0.25, -0.2) is 4.79 Å². The second-order valence-electron chi connectivity index (χ2n) is 15.8. The Morgan fingerprint density at radius 1 is 0.957 bits per heavy atom. The molecule has 1 fully saturated rings. The fourth-order valence-electron chi connectivity index (χ4n) is 5.24. The number of ether oxygens (including phenoxy) is 2. The minimum atomic E-state index is -2.25. The maximum Gasteiger partial charge on any atom is 0.342 e. The van der Waals surface area contributed by atoms with Crippen molar-refractivity contribution in [2.75, 3.05) is 0 Å². The van der Waals surface area contributed by atoms with Gasteiger partial charge in [0.05, 0.1) is 12.2 Å². The normalized spacial score (nSPS) is 23.4. The van der Waals surface area contributed by atoms with Crippen LogP contribution >= 0.6 is 0 Å². The first-order chi connectivity index (χ1) is 21.3. The minimum absolute atomic E-state index is 0.0388. The molecule has 256 valence electrons. The summed E-state index contributed by atoms with van der Waals surface area (Å²) >= 11 is 0. The monoisotopic (exact) mass is 669 g/mol. The summed E-state index contributed by atoms with van der Waals surface area (Å²) in [5.74, 6) is -0.00151. The van der Waals surface area contributed by atoms with Crippen LogP contribution in [0.3, 0.4) is 0 Å². The quantitative estimate of drug-likeness (QED) is 0.116. The summed E-state index contributed by atoms with van der Waals surface area (Å²) in [5.41, 5.74) is 1.37. The SMILES string of the molecule is CC/C=C\C=C/C(=O)N/C=C/C[C@H]1C[C@H]2C[C@H](O[Si](C)(C)C(C)(C)C)C[C@H](Cc3cccc(O[Si](C)(C)C(C)(C)C)c3C(=O)O1)O2. The first kappa shape index (κ1) is 38.0. The van der Waals surface area contributed by atoms with Crippen molar-refractivity contribution in [2.45, 2.75) is 148 Å². The lowest BCUT2D eigenvalue weighted by atomic mass is 9.91. The minimum Gasteiger partial charge on any atom is -0.543 e. The summed E-state index contributed by atoms with van der Waals surface area (Å²) in [4.78, 5) is 26.2. The molecule has 0 saturated carbocycles. The molecule has 3 rings (SSSR count). The predicted molar refractivity (Wildman–Crippen MR) is 192 cm³/mol. The number of fused-ring (bicyclic) bond motifs is 3. The van der Waals surface area contributed by atoms with Gasteiger partial charge in [-0.15, -0.1) is 0 Å². The highest BCUT2D eigenvalue weighted by Crippen LogP contribution is 2.42. The number of carbonyl (C=O) groups is 2. The van der Waals surface area contributed by atoms with Gasteiger partial charge < -0.3 is 23.6 Å². The highest BCUT2D eigenvalue weighted by atomic mass is 28.4. The zero-order valence-corrected chi connectivity index (χ0v) is 32.2. The lowest BCUT2D eigenvalue weighted by Gasteiger charge is -2.44. The Morgan fingerprint density at radius 2 is 1.63 bits per heavy atom. The van der Waals surface area contributed by atoms with Crippen molar-refractivity contribution in [3.05, 3.63) is 65.9 Å². The molecule has 46 heavy (non-hydrogen) atoms. The molecule has 2 heterocycles. The second-order valence-corrected chi connectivity index (χ2v) is 25.3. The summed E-state index contributed by atoms with van der Waals surface area (Å²) in [6.45, 7) is 24.4. The molecule has 2 aliphatic rings. The number of rotatable bonds is 10. The van der Waals surface area contributed by atoms with E-state index in [0.29, 0.717) is 30.6 Å². The van der Waals surface area contributed by atoms with Crippen LogP contribution in [-0.2, 0) is 25.1 Å². The summed E-state index contributed by atoms with van der Waals surface area (Å²) < 4.78 is 26.7. The van der Waals surface area contributed by atoms with Gasteiger partial charge in [-0.3, -0.25) is 4.79 Å². The molecule has 1 amide bonds. The van der Waals surface area contributed by atoms with Gasteiger partial charge in [0.15, 0.2) is 8.32 Å². The van der Waals surface area contributed by atoms with Crippen LogP contribution in [0.4, 0.5) is 0 Å². The van der Waals surface area contributed by atoms with E-state index < -0.39 is 22.7 Å². The fourth-order valence-corrected chi connectivity index (χ4v) is 7.64. The molecule has 1 aromatic rings. The molecule has 0 aromatic heterocycles. The van der Waals surface area contributed by atoms with Crippen LogP contribution in [0.1, 0.15) is 96.5 Å². The zero-order valence-electron chi connectivity index (χ0n) is 30.2. The van der Waals surface area contributed by atoms with E-state index in [-0.39, 0.29) is 40.3 Å². The Kier molecular flexibility index (Phi) is 12.9. The summed E-state index contributed by atoms with van der Waals surface area (Å²) in [6, 6.07) is 5.87. The van der Waals surface area contributed by atoms with E-state index in [2.05, 4.69) is 73.0 Å². The topological polar surface area (TPSA) is 83.1 Å². The third-order valence-electron chi connectivity index (χ3n) is 9.91. The Labute approximate surface area is 280 Å². The molecule has 2 aliphatic heterocycles. The largest absolute Gasteiger partial charge is 0.543 e. The average Bonchev–Trinajstić information content (AvgIpc) is 2.91. The van der Waals surface area contributed by atoms with Crippen LogP contribution in [0.2, 0.25) is 36.3 Å². The third-order valence-corrected chi connectivity index (χ3v) is 18.8. The lowest BCUT2D eigenvalue weighted by molar-refractivity contribution is -0.115. The van der Waals surface area contributed by atoms with Gasteiger partial charge in [-0.2, -0.15) is 0 Å². The van der Waals surface area contributed by atoms with Crippen LogP contribution in [0.15, 0.2) is 54.8 Å². The molecule has 0 unspecified atom stereocenters. The number of nitrogens with one attached hydrogen (secondary N) is 1. The van der Waals surface area contributed by atoms with Gasteiger partial charge in [0.2, 0.25) is 5.91 Å². The molecule has 1 aromatic carbocycles. The average molecular weight is 670 g/mol. The summed E-state index contributed by atoms with van der Waals surface area (Å²) in [7, 11) is -4.26. The summed E-state index contributed by atoms with van der Waals surface area (Å²) in [6.07, 6.45) is 13.9. The number of hydrogen-bond donors (Lipinski definition) is 1. The molecule has 7 nitrogen and oxygen atoms in total. The molecule has 0 radical (unpaired) electrons. The Morgan fingerprint density at radius 3 is 2.28 bits per heavy atom. The van der Waals surface area contributed by atoms with Crippen molar-refractivity contribution < 1.29 is 27.9 Å². The maximum atomic E-state index is 14.0. The van der Waals surface area contributed by atoms with E-state index in [1.165, 1.54) is 6.08 Å². The van der Waals surface area contributed by atoms with Gasteiger partial charge in [-0.05, 0) is 73.6 Å². The van der Waals surface area contributed by atoms with Crippen LogP contribution in [0.25, 0.3) is 0 Å². The Hall–Kier alpha value is -2.47. The van der Waals surface area contributed by atoms with E-state index >= 15 is 0 Å². The number of benzene rings is 1. The smallest absolute Gasteiger partial charge is 0.342 e. The molecule has 0 aliphatic carbocycles. The predicted octanol–water partition coefficient (Wildman–Crippen LogP) is 9.02. The van der Waals surface area contributed by atoms with Gasteiger partial charge >= 0.3 is 5.97 Å². The third kappa shape index (κ3) is 10.5. The number of esters is 1. The fraction of sp³-hybridized carbons (Fsp3) is 0.622. The molecule has 0 spiro atoms. The number of amides is 1. The molecule has 2 bridgehead atoms. The van der Waals surface area contributed by atoms with E-state index in [0.717, 1.165) is 24.8 Å². The molecular weight excluding hydrogens is 611 g/mol. The van der Waals surface area contributed by atoms with E-state index in [1.807, 2.05) is 43.4 Å². The second kappa shape index (κ2) is 15.6. The van der Waals surface area contributed by atoms with Crippen molar-refractivity contribution >= 4 is 28.5 Å². The highest BCUT2D eigenvalue weighted by molar-refractivity contribution is 6.75. The number of hydrogen-bond acceptors (Lipinski definition) is 6. The van der Waals surface area contributed by atoms with Gasteiger partial charge in [0.1, 0.15) is 17.4 Å². The van der Waals surface area contributed by atoms with E-state index in [4.69, 9.17) is 18.3 Å². The van der Waals surface area contributed by atoms with Crippen molar-refractivity contribution in [2.24, 2.45) is 0 Å². The number of cyclic esters (lactones) is 1. The molecule has 9 heteroatoms. The van der Waals surface area contributed by atoms with Gasteiger partial charge in [0, 0.05) is 31.2 Å². The van der Waals surface area contributed by atoms with Crippen molar-refractivity contribution in [1.29, 1.82) is 0 Å². The van der Waals surface area contributed by atoms with Crippen LogP contribution in [0.5, 0.6) is 5.75 Å². The maximum absolute atomic E-state index is 14.0. The first-order valence-corrected chi connectivity index (χ1v) is 22.8. The lowest BCUT2D eigenvalue weighted by Crippen LogP contribution is -2.48. The van der Waals surface area contributed by atoms with Crippen LogP contribution in [-0.4, -0.2) is 52.9 Å².